The van der Waals surface area contributed by atoms with E-state index in [9.17, 15) is 4.79 Å². The van der Waals surface area contributed by atoms with Crippen LogP contribution in [0.4, 0.5) is 0 Å². The van der Waals surface area contributed by atoms with Crippen LogP contribution in [0.1, 0.15) is 104 Å². The summed E-state index contributed by atoms with van der Waals surface area (Å²) in [6.45, 7) is 6.02. The Bertz CT molecular complexity index is 310. The van der Waals surface area contributed by atoms with Gasteiger partial charge in [-0.2, -0.15) is 0 Å². The van der Waals surface area contributed by atoms with Crippen molar-refractivity contribution in [3.8, 4) is 0 Å². The molecule has 0 aromatic carbocycles. The van der Waals surface area contributed by atoms with Gasteiger partial charge in [-0.25, -0.2) is 4.79 Å². The molecule has 1 unspecified atom stereocenters. The summed E-state index contributed by atoms with van der Waals surface area (Å²) in [5.74, 6) is -0.832. The highest BCUT2D eigenvalue weighted by Gasteiger charge is 2.18. The lowest BCUT2D eigenvalue weighted by Crippen LogP contribution is -2.26. The molecule has 142 valence electrons. The van der Waals surface area contributed by atoms with Crippen molar-refractivity contribution in [2.45, 2.75) is 116 Å². The molecule has 0 spiro atoms. The zero-order valence-corrected chi connectivity index (χ0v) is 16.3. The molecule has 1 N–H and O–H groups in total. The first-order valence-electron chi connectivity index (χ1n) is 10.1. The van der Waals surface area contributed by atoms with Crippen molar-refractivity contribution in [3.63, 3.8) is 0 Å². The number of carboxylic acid groups (broad SMARTS) is 1. The molecule has 0 aromatic rings. The number of hydrogen-bond donors (Lipinski definition) is 1. The molecule has 24 heavy (non-hydrogen) atoms. The summed E-state index contributed by atoms with van der Waals surface area (Å²) in [6, 6.07) is 0. The number of rotatable bonds is 17. The number of unbranched alkanes of at least 4 members (excludes halogenated alkanes) is 10. The van der Waals surface area contributed by atoms with Crippen molar-refractivity contribution < 1.29 is 14.6 Å². The fraction of sp³-hybridized carbons (Fsp3) is 0.857. The van der Waals surface area contributed by atoms with E-state index in [0.717, 1.165) is 19.3 Å². The zero-order valence-electron chi connectivity index (χ0n) is 16.3. The average Bonchev–Trinajstić information content (AvgIpc) is 2.53. The SMILES string of the molecule is CCCCCCCCC=CCCCCCCC(OC(C)C)C(=O)O. The van der Waals surface area contributed by atoms with Crippen LogP contribution in [0.5, 0.6) is 0 Å². The lowest BCUT2D eigenvalue weighted by molar-refractivity contribution is -0.153. The van der Waals surface area contributed by atoms with E-state index in [-0.39, 0.29) is 6.10 Å². The minimum Gasteiger partial charge on any atom is -0.479 e. The fourth-order valence-corrected chi connectivity index (χ4v) is 2.80. The number of aliphatic carboxylic acids is 1. The lowest BCUT2D eigenvalue weighted by atomic mass is 10.1. The van der Waals surface area contributed by atoms with Crippen molar-refractivity contribution in [1.29, 1.82) is 0 Å². The second kappa shape index (κ2) is 17.0. The number of carboxylic acids is 1. The van der Waals surface area contributed by atoms with Gasteiger partial charge in [0.05, 0.1) is 6.10 Å². The predicted octanol–water partition coefficient (Wildman–Crippen LogP) is 6.51. The van der Waals surface area contributed by atoms with Gasteiger partial charge in [-0.15, -0.1) is 0 Å². The van der Waals surface area contributed by atoms with Gasteiger partial charge in [-0.3, -0.25) is 0 Å². The van der Waals surface area contributed by atoms with Crippen LogP contribution in [0, 0.1) is 0 Å². The molecular formula is C21H40O3. The Labute approximate surface area is 149 Å². The van der Waals surface area contributed by atoms with Crippen molar-refractivity contribution in [1.82, 2.24) is 0 Å². The van der Waals surface area contributed by atoms with Gasteiger partial charge < -0.3 is 9.84 Å². The molecule has 0 heterocycles. The second-order valence-electron chi connectivity index (χ2n) is 7.03. The maximum absolute atomic E-state index is 11.1. The standard InChI is InChI=1S/C21H40O3/c1-4-5-6-7-8-9-10-11-12-13-14-15-16-17-18-20(21(22)23)24-19(2)3/h11-12,19-20H,4-10,13-18H2,1-3H3,(H,22,23). The number of allylic oxidation sites excluding steroid dienone is 2. The van der Waals surface area contributed by atoms with E-state index >= 15 is 0 Å². The largest absolute Gasteiger partial charge is 0.479 e. The smallest absolute Gasteiger partial charge is 0.332 e. The predicted molar refractivity (Wildman–Crippen MR) is 102 cm³/mol. The van der Waals surface area contributed by atoms with Crippen LogP contribution in [0.25, 0.3) is 0 Å². The van der Waals surface area contributed by atoms with Crippen LogP contribution >= 0.6 is 0 Å². The van der Waals surface area contributed by atoms with E-state index in [0.29, 0.717) is 6.42 Å². The molecule has 0 aliphatic rings. The van der Waals surface area contributed by atoms with Gasteiger partial charge >= 0.3 is 5.97 Å². The normalized spacial score (nSPS) is 13.0. The summed E-state index contributed by atoms with van der Waals surface area (Å²) >= 11 is 0. The van der Waals surface area contributed by atoms with Gasteiger partial charge in [0, 0.05) is 0 Å². The fourth-order valence-electron chi connectivity index (χ4n) is 2.80. The van der Waals surface area contributed by atoms with E-state index in [2.05, 4.69) is 19.1 Å². The minimum atomic E-state index is -0.832. The lowest BCUT2D eigenvalue weighted by Gasteiger charge is -2.16. The molecule has 0 aliphatic heterocycles. The number of carbonyl (C=O) groups is 1. The second-order valence-corrected chi connectivity index (χ2v) is 7.03. The molecule has 0 bridgehead atoms. The van der Waals surface area contributed by atoms with Gasteiger partial charge in [-0.1, -0.05) is 70.4 Å². The van der Waals surface area contributed by atoms with Crippen molar-refractivity contribution in [2.24, 2.45) is 0 Å². The molecule has 0 saturated carbocycles. The molecule has 0 rings (SSSR count). The number of ether oxygens (including phenoxy) is 1. The van der Waals surface area contributed by atoms with Crippen LogP contribution in [-0.2, 0) is 9.53 Å². The Balaban J connectivity index is 3.40. The van der Waals surface area contributed by atoms with E-state index < -0.39 is 12.1 Å². The zero-order chi connectivity index (χ0) is 18.0. The summed E-state index contributed by atoms with van der Waals surface area (Å²) in [4.78, 5) is 11.1. The molecular weight excluding hydrogens is 300 g/mol. The third kappa shape index (κ3) is 16.0. The summed E-state index contributed by atoms with van der Waals surface area (Å²) in [6.07, 6.45) is 19.6. The first-order chi connectivity index (χ1) is 11.6. The summed E-state index contributed by atoms with van der Waals surface area (Å²) in [5, 5.41) is 9.09. The van der Waals surface area contributed by atoms with Gasteiger partial charge in [-0.05, 0) is 46.0 Å². The summed E-state index contributed by atoms with van der Waals surface area (Å²) in [7, 11) is 0. The molecule has 0 aromatic heterocycles. The van der Waals surface area contributed by atoms with Crippen LogP contribution in [-0.4, -0.2) is 23.3 Å². The topological polar surface area (TPSA) is 46.5 Å². The van der Waals surface area contributed by atoms with Gasteiger partial charge in [0.1, 0.15) is 0 Å². The van der Waals surface area contributed by atoms with Crippen LogP contribution in [0.15, 0.2) is 12.2 Å². The Hall–Kier alpha value is -0.830. The third-order valence-electron chi connectivity index (χ3n) is 4.19. The molecule has 0 aliphatic carbocycles. The Morgan fingerprint density at radius 3 is 1.88 bits per heavy atom. The highest BCUT2D eigenvalue weighted by molar-refractivity contribution is 5.72. The number of hydrogen-bond acceptors (Lipinski definition) is 2. The van der Waals surface area contributed by atoms with Gasteiger partial charge in [0.2, 0.25) is 0 Å². The molecule has 3 nitrogen and oxygen atoms in total. The van der Waals surface area contributed by atoms with E-state index in [4.69, 9.17) is 9.84 Å². The van der Waals surface area contributed by atoms with E-state index in [1.807, 2.05) is 13.8 Å². The van der Waals surface area contributed by atoms with Gasteiger partial charge in [0.15, 0.2) is 6.10 Å². The van der Waals surface area contributed by atoms with E-state index in [1.165, 1.54) is 57.8 Å². The van der Waals surface area contributed by atoms with Crippen molar-refractivity contribution >= 4 is 5.97 Å². The first kappa shape index (κ1) is 23.2. The van der Waals surface area contributed by atoms with Crippen LogP contribution in [0.3, 0.4) is 0 Å². The maximum Gasteiger partial charge on any atom is 0.332 e. The maximum atomic E-state index is 11.1. The Kier molecular flexibility index (Phi) is 16.4. The Morgan fingerprint density at radius 2 is 1.38 bits per heavy atom. The average molecular weight is 341 g/mol. The van der Waals surface area contributed by atoms with E-state index in [1.54, 1.807) is 0 Å². The first-order valence-corrected chi connectivity index (χ1v) is 10.1. The van der Waals surface area contributed by atoms with Crippen LogP contribution in [0.2, 0.25) is 0 Å². The molecule has 0 amide bonds. The quantitative estimate of drug-likeness (QED) is 0.242. The summed E-state index contributed by atoms with van der Waals surface area (Å²) < 4.78 is 5.41. The molecule has 3 heteroatoms. The summed E-state index contributed by atoms with van der Waals surface area (Å²) in [5.41, 5.74) is 0. The Morgan fingerprint density at radius 1 is 0.875 bits per heavy atom. The minimum absolute atomic E-state index is 0.0251. The van der Waals surface area contributed by atoms with Crippen molar-refractivity contribution in [3.05, 3.63) is 12.2 Å². The van der Waals surface area contributed by atoms with Gasteiger partial charge in [0.25, 0.3) is 0 Å². The van der Waals surface area contributed by atoms with Crippen LogP contribution < -0.4 is 0 Å². The monoisotopic (exact) mass is 340 g/mol. The molecule has 0 saturated heterocycles. The molecule has 0 radical (unpaired) electrons. The highest BCUT2D eigenvalue weighted by atomic mass is 16.5. The third-order valence-corrected chi connectivity index (χ3v) is 4.19. The molecule has 0 fully saturated rings. The highest BCUT2D eigenvalue weighted by Crippen LogP contribution is 2.12. The van der Waals surface area contributed by atoms with Crippen molar-refractivity contribution in [2.75, 3.05) is 0 Å². The molecule has 1 atom stereocenters.